The maximum atomic E-state index is 11.9. The Labute approximate surface area is 84.7 Å². The van der Waals surface area contributed by atoms with Crippen LogP contribution in [-0.2, 0) is 9.59 Å². The van der Waals surface area contributed by atoms with Gasteiger partial charge in [0, 0.05) is 17.8 Å². The van der Waals surface area contributed by atoms with Crippen LogP contribution in [0.4, 0.5) is 0 Å². The van der Waals surface area contributed by atoms with Gasteiger partial charge >= 0.3 is 0 Å². The summed E-state index contributed by atoms with van der Waals surface area (Å²) < 4.78 is 0. The van der Waals surface area contributed by atoms with E-state index < -0.39 is 5.41 Å². The van der Waals surface area contributed by atoms with Gasteiger partial charge in [0.15, 0.2) is 0 Å². The highest BCUT2D eigenvalue weighted by molar-refractivity contribution is 6.00. The van der Waals surface area contributed by atoms with E-state index in [9.17, 15) is 9.59 Å². The summed E-state index contributed by atoms with van der Waals surface area (Å²) in [6, 6.07) is 0. The van der Waals surface area contributed by atoms with Crippen LogP contribution >= 0.6 is 0 Å². The number of hydrogen-bond acceptors (Lipinski definition) is 2. The molecule has 0 saturated heterocycles. The first-order chi connectivity index (χ1) is 6.40. The van der Waals surface area contributed by atoms with Crippen molar-refractivity contribution in [3.8, 4) is 0 Å². The molecule has 0 aromatic carbocycles. The Bertz CT molecular complexity index is 319. The van der Waals surface area contributed by atoms with Gasteiger partial charge in [-0.2, -0.15) is 0 Å². The van der Waals surface area contributed by atoms with E-state index in [1.165, 1.54) is 0 Å². The Morgan fingerprint density at radius 2 is 2.07 bits per heavy atom. The van der Waals surface area contributed by atoms with Crippen LogP contribution < -0.4 is 0 Å². The molecule has 0 heterocycles. The molecule has 1 fully saturated rings. The van der Waals surface area contributed by atoms with Crippen molar-refractivity contribution in [3.05, 3.63) is 18.4 Å². The maximum Gasteiger partial charge on any atom is 0.142 e. The van der Waals surface area contributed by atoms with Gasteiger partial charge < -0.3 is 0 Å². The molecule has 2 atom stereocenters. The monoisotopic (exact) mass is 192 g/mol. The minimum Gasteiger partial charge on any atom is -0.299 e. The van der Waals surface area contributed by atoms with Crippen LogP contribution in [0, 0.1) is 17.3 Å². The standard InChI is InChI=1S/C12H16O2/c1-5-6-9-8(2)11(14)12(3,4)7-10(9)13/h6,8-9H,1,7H2,2-4H3. The first kappa shape index (κ1) is 10.9. The van der Waals surface area contributed by atoms with Crippen LogP contribution in [0.5, 0.6) is 0 Å². The topological polar surface area (TPSA) is 34.1 Å². The van der Waals surface area contributed by atoms with Crippen LogP contribution in [0.3, 0.4) is 0 Å². The number of allylic oxidation sites excluding steroid dienone is 1. The van der Waals surface area contributed by atoms with Gasteiger partial charge in [-0.3, -0.25) is 9.59 Å². The molecule has 0 spiro atoms. The number of Topliss-reactive ketones (excluding diaryl/α,β-unsaturated/α-hetero) is 2. The summed E-state index contributed by atoms with van der Waals surface area (Å²) in [5, 5.41) is 0. The Morgan fingerprint density at radius 1 is 1.50 bits per heavy atom. The fourth-order valence-corrected chi connectivity index (χ4v) is 2.06. The number of rotatable bonds is 1. The van der Waals surface area contributed by atoms with E-state index in [0.29, 0.717) is 6.42 Å². The smallest absolute Gasteiger partial charge is 0.142 e. The Hall–Kier alpha value is -1.14. The van der Waals surface area contributed by atoms with E-state index in [-0.39, 0.29) is 23.4 Å². The quantitative estimate of drug-likeness (QED) is 0.596. The van der Waals surface area contributed by atoms with E-state index >= 15 is 0 Å². The average molecular weight is 192 g/mol. The minimum atomic E-state index is -0.498. The molecular weight excluding hydrogens is 176 g/mol. The normalized spacial score (nSPS) is 31.1. The number of ketones is 2. The van der Waals surface area contributed by atoms with Crippen molar-refractivity contribution in [3.63, 3.8) is 0 Å². The highest BCUT2D eigenvalue weighted by atomic mass is 16.1. The van der Waals surface area contributed by atoms with Crippen molar-refractivity contribution >= 4 is 11.6 Å². The van der Waals surface area contributed by atoms with Crippen LogP contribution in [0.15, 0.2) is 18.4 Å². The summed E-state index contributed by atoms with van der Waals surface area (Å²) in [6.45, 7) is 8.91. The van der Waals surface area contributed by atoms with Gasteiger partial charge in [-0.1, -0.05) is 27.4 Å². The number of carbonyl (C=O) groups excluding carboxylic acids is 2. The molecule has 1 aliphatic carbocycles. The zero-order chi connectivity index (χ0) is 10.9. The molecule has 76 valence electrons. The van der Waals surface area contributed by atoms with E-state index in [1.807, 2.05) is 13.8 Å². The summed E-state index contributed by atoms with van der Waals surface area (Å²) in [7, 11) is 0. The van der Waals surface area contributed by atoms with Crippen LogP contribution in [0.2, 0.25) is 0 Å². The van der Waals surface area contributed by atoms with Crippen LogP contribution in [0.1, 0.15) is 27.2 Å². The molecule has 14 heavy (non-hydrogen) atoms. The summed E-state index contributed by atoms with van der Waals surface area (Å²) in [6.07, 6.45) is 1.94. The predicted octanol–water partition coefficient (Wildman–Crippen LogP) is 2.15. The zero-order valence-electron chi connectivity index (χ0n) is 8.96. The van der Waals surface area contributed by atoms with E-state index in [4.69, 9.17) is 0 Å². The predicted molar refractivity (Wildman–Crippen MR) is 54.8 cm³/mol. The van der Waals surface area contributed by atoms with E-state index in [2.05, 4.69) is 12.3 Å². The molecule has 0 aliphatic heterocycles. The third kappa shape index (κ3) is 1.71. The lowest BCUT2D eigenvalue weighted by Crippen LogP contribution is -2.43. The van der Waals surface area contributed by atoms with Crippen LogP contribution in [-0.4, -0.2) is 11.6 Å². The maximum absolute atomic E-state index is 11.9. The van der Waals surface area contributed by atoms with Crippen molar-refractivity contribution in [1.29, 1.82) is 0 Å². The molecule has 0 aromatic heterocycles. The second-order valence-electron chi connectivity index (χ2n) is 4.58. The second kappa shape index (κ2) is 3.55. The number of hydrogen-bond donors (Lipinski definition) is 0. The second-order valence-corrected chi connectivity index (χ2v) is 4.58. The van der Waals surface area contributed by atoms with Gasteiger partial charge in [-0.15, -0.1) is 5.73 Å². The Kier molecular flexibility index (Phi) is 2.77. The molecular formula is C12H16O2. The Balaban J connectivity index is 3.02. The molecule has 1 rings (SSSR count). The summed E-state index contributed by atoms with van der Waals surface area (Å²) in [4.78, 5) is 23.6. The van der Waals surface area contributed by atoms with E-state index in [0.717, 1.165) is 0 Å². The van der Waals surface area contributed by atoms with Crippen molar-refractivity contribution in [1.82, 2.24) is 0 Å². The molecule has 1 saturated carbocycles. The third-order valence-corrected chi connectivity index (χ3v) is 2.90. The van der Waals surface area contributed by atoms with Crippen molar-refractivity contribution < 1.29 is 9.59 Å². The van der Waals surface area contributed by atoms with Crippen molar-refractivity contribution in [2.24, 2.45) is 17.3 Å². The summed E-state index contributed by atoms with van der Waals surface area (Å²) >= 11 is 0. The fourth-order valence-electron chi connectivity index (χ4n) is 2.06. The zero-order valence-corrected chi connectivity index (χ0v) is 8.96. The molecule has 0 radical (unpaired) electrons. The molecule has 0 bridgehead atoms. The SMILES string of the molecule is C=C=CC1C(=O)CC(C)(C)C(=O)C1C. The highest BCUT2D eigenvalue weighted by Crippen LogP contribution is 2.36. The first-order valence-corrected chi connectivity index (χ1v) is 4.83. The van der Waals surface area contributed by atoms with Gasteiger partial charge in [0.05, 0.1) is 5.92 Å². The largest absolute Gasteiger partial charge is 0.299 e. The van der Waals surface area contributed by atoms with Crippen molar-refractivity contribution in [2.45, 2.75) is 27.2 Å². The van der Waals surface area contributed by atoms with Crippen molar-refractivity contribution in [2.75, 3.05) is 0 Å². The molecule has 0 N–H and O–H groups in total. The highest BCUT2D eigenvalue weighted by Gasteiger charge is 2.44. The van der Waals surface area contributed by atoms with E-state index in [1.54, 1.807) is 13.0 Å². The average Bonchev–Trinajstić information content (AvgIpc) is 2.08. The van der Waals surface area contributed by atoms with Gasteiger partial charge in [0.1, 0.15) is 11.6 Å². The molecule has 2 nitrogen and oxygen atoms in total. The van der Waals surface area contributed by atoms with Gasteiger partial charge in [0.2, 0.25) is 0 Å². The lowest BCUT2D eigenvalue weighted by molar-refractivity contribution is -0.144. The first-order valence-electron chi connectivity index (χ1n) is 4.83. The Morgan fingerprint density at radius 3 is 2.57 bits per heavy atom. The van der Waals surface area contributed by atoms with Gasteiger partial charge in [-0.25, -0.2) is 0 Å². The summed E-state index contributed by atoms with van der Waals surface area (Å²) in [5.74, 6) is -0.264. The molecule has 2 heteroatoms. The molecule has 0 amide bonds. The third-order valence-electron chi connectivity index (χ3n) is 2.90. The van der Waals surface area contributed by atoms with Gasteiger partial charge in [0.25, 0.3) is 0 Å². The fraction of sp³-hybridized carbons (Fsp3) is 0.583. The minimum absolute atomic E-state index is 0.123. The molecule has 0 aromatic rings. The van der Waals surface area contributed by atoms with Crippen LogP contribution in [0.25, 0.3) is 0 Å². The van der Waals surface area contributed by atoms with Gasteiger partial charge in [-0.05, 0) is 6.08 Å². The molecule has 1 aliphatic rings. The summed E-state index contributed by atoms with van der Waals surface area (Å²) in [5.41, 5.74) is 2.10. The lowest BCUT2D eigenvalue weighted by Gasteiger charge is -2.34. The number of carbonyl (C=O) groups is 2. The lowest BCUT2D eigenvalue weighted by atomic mass is 9.66. The molecule has 2 unspecified atom stereocenters.